The zero-order valence-electron chi connectivity index (χ0n) is 7.92. The summed E-state index contributed by atoms with van der Waals surface area (Å²) in [4.78, 5) is 0. The monoisotopic (exact) mass is 175 g/mol. The molecule has 2 aromatic rings. The van der Waals surface area contributed by atoms with E-state index >= 15 is 0 Å². The molecule has 0 aliphatic rings. The second-order valence-electron chi connectivity index (χ2n) is 3.40. The number of fused-ring (bicyclic) bond motifs is 1. The molecule has 2 N–H and O–H groups in total. The Kier molecular flexibility index (Phi) is 1.85. The molecule has 0 atom stereocenters. The van der Waals surface area contributed by atoms with Crippen LogP contribution in [0.4, 0.5) is 0 Å². The molecule has 1 heterocycles. The molecule has 2 rings (SSSR count). The van der Waals surface area contributed by atoms with E-state index in [4.69, 9.17) is 10.2 Å². The number of hydrogen-bond donors (Lipinski definition) is 1. The van der Waals surface area contributed by atoms with Gasteiger partial charge in [-0.3, -0.25) is 0 Å². The summed E-state index contributed by atoms with van der Waals surface area (Å²) in [5.74, 6) is 0. The smallest absolute Gasteiger partial charge is 0.134 e. The zero-order valence-corrected chi connectivity index (χ0v) is 7.92. The molecule has 0 unspecified atom stereocenters. The van der Waals surface area contributed by atoms with Crippen LogP contribution >= 0.6 is 0 Å². The third-order valence-electron chi connectivity index (χ3n) is 2.49. The van der Waals surface area contributed by atoms with E-state index in [9.17, 15) is 0 Å². The second kappa shape index (κ2) is 2.89. The molecular formula is C11H13NO. The number of benzene rings is 1. The molecule has 0 spiro atoms. The number of hydrogen-bond acceptors (Lipinski definition) is 2. The number of nitrogens with two attached hydrogens (primary N) is 1. The molecule has 1 aromatic carbocycles. The fourth-order valence-corrected chi connectivity index (χ4v) is 1.49. The Morgan fingerprint density at radius 3 is 2.62 bits per heavy atom. The number of aryl methyl sites for hydroxylation is 2. The highest BCUT2D eigenvalue weighted by molar-refractivity contribution is 5.82. The second-order valence-corrected chi connectivity index (χ2v) is 3.40. The van der Waals surface area contributed by atoms with Gasteiger partial charge in [0.15, 0.2) is 0 Å². The van der Waals surface area contributed by atoms with Crippen molar-refractivity contribution in [2.45, 2.75) is 20.4 Å². The van der Waals surface area contributed by atoms with Gasteiger partial charge < -0.3 is 10.2 Å². The fourth-order valence-electron chi connectivity index (χ4n) is 1.49. The van der Waals surface area contributed by atoms with E-state index in [1.807, 2.05) is 0 Å². The van der Waals surface area contributed by atoms with Gasteiger partial charge in [0.25, 0.3) is 0 Å². The summed E-state index contributed by atoms with van der Waals surface area (Å²) in [6.07, 6.45) is 1.74. The minimum absolute atomic E-state index is 0.537. The minimum atomic E-state index is 0.537. The summed E-state index contributed by atoms with van der Waals surface area (Å²) >= 11 is 0. The van der Waals surface area contributed by atoms with Crippen LogP contribution in [0.3, 0.4) is 0 Å². The summed E-state index contributed by atoms with van der Waals surface area (Å²) in [6.45, 7) is 4.72. The van der Waals surface area contributed by atoms with Gasteiger partial charge in [-0.05, 0) is 37.1 Å². The maximum absolute atomic E-state index is 5.59. The summed E-state index contributed by atoms with van der Waals surface area (Å²) in [5.41, 5.74) is 10.1. The van der Waals surface area contributed by atoms with Crippen molar-refractivity contribution < 1.29 is 4.42 Å². The molecular weight excluding hydrogens is 162 g/mol. The average molecular weight is 175 g/mol. The maximum Gasteiger partial charge on any atom is 0.134 e. The maximum atomic E-state index is 5.59. The Balaban J connectivity index is 2.77. The van der Waals surface area contributed by atoms with Crippen LogP contribution in [-0.4, -0.2) is 0 Å². The van der Waals surface area contributed by atoms with Crippen LogP contribution in [0.1, 0.15) is 16.7 Å². The van der Waals surface area contributed by atoms with Crippen LogP contribution in [-0.2, 0) is 6.54 Å². The lowest BCUT2D eigenvalue weighted by atomic mass is 10.1. The van der Waals surface area contributed by atoms with Crippen molar-refractivity contribution in [1.82, 2.24) is 0 Å². The molecule has 0 amide bonds. The first-order chi connectivity index (χ1) is 6.22. The molecule has 0 fully saturated rings. The third-order valence-corrected chi connectivity index (χ3v) is 2.49. The van der Waals surface area contributed by atoms with Gasteiger partial charge in [0.1, 0.15) is 5.58 Å². The molecule has 68 valence electrons. The van der Waals surface area contributed by atoms with Crippen molar-refractivity contribution in [3.05, 3.63) is 35.1 Å². The lowest BCUT2D eigenvalue weighted by Crippen LogP contribution is -1.94. The van der Waals surface area contributed by atoms with Crippen LogP contribution in [0.15, 0.2) is 22.8 Å². The Morgan fingerprint density at radius 2 is 1.92 bits per heavy atom. The molecule has 1 aromatic heterocycles. The molecule has 2 nitrogen and oxygen atoms in total. The largest absolute Gasteiger partial charge is 0.464 e. The highest BCUT2D eigenvalue weighted by Gasteiger charge is 2.05. The fraction of sp³-hybridized carbons (Fsp3) is 0.273. The zero-order chi connectivity index (χ0) is 9.42. The number of rotatable bonds is 1. The van der Waals surface area contributed by atoms with Crippen molar-refractivity contribution in [2.24, 2.45) is 5.73 Å². The van der Waals surface area contributed by atoms with E-state index in [0.717, 1.165) is 16.5 Å². The van der Waals surface area contributed by atoms with Crippen LogP contribution in [0.5, 0.6) is 0 Å². The standard InChI is InChI=1S/C11H13NO/c1-7-3-10-9(5-12)6-13-11(10)4-8(7)2/h3-4,6H,5,12H2,1-2H3. The van der Waals surface area contributed by atoms with Crippen LogP contribution < -0.4 is 5.73 Å². The Bertz CT molecular complexity index is 443. The Hall–Kier alpha value is -1.28. The van der Waals surface area contributed by atoms with E-state index in [1.54, 1.807) is 6.26 Å². The van der Waals surface area contributed by atoms with Crippen LogP contribution in [0.2, 0.25) is 0 Å². The predicted octanol–water partition coefficient (Wildman–Crippen LogP) is 2.51. The minimum Gasteiger partial charge on any atom is -0.464 e. The van der Waals surface area contributed by atoms with E-state index in [-0.39, 0.29) is 0 Å². The van der Waals surface area contributed by atoms with Crippen molar-refractivity contribution in [1.29, 1.82) is 0 Å². The van der Waals surface area contributed by atoms with Crippen LogP contribution in [0, 0.1) is 13.8 Å². The van der Waals surface area contributed by atoms with Gasteiger partial charge in [0.05, 0.1) is 6.26 Å². The lowest BCUT2D eigenvalue weighted by molar-refractivity contribution is 0.610. The topological polar surface area (TPSA) is 39.2 Å². The first-order valence-electron chi connectivity index (χ1n) is 4.40. The number of furan rings is 1. The molecule has 0 aliphatic carbocycles. The van der Waals surface area contributed by atoms with Gasteiger partial charge in [0.2, 0.25) is 0 Å². The van der Waals surface area contributed by atoms with E-state index in [1.165, 1.54) is 11.1 Å². The van der Waals surface area contributed by atoms with Gasteiger partial charge in [-0.1, -0.05) is 0 Å². The molecule has 0 bridgehead atoms. The summed E-state index contributed by atoms with van der Waals surface area (Å²) in [5, 5.41) is 1.14. The third kappa shape index (κ3) is 1.23. The highest BCUT2D eigenvalue weighted by Crippen LogP contribution is 2.24. The van der Waals surface area contributed by atoms with Crippen LogP contribution in [0.25, 0.3) is 11.0 Å². The Morgan fingerprint density at radius 1 is 1.23 bits per heavy atom. The lowest BCUT2D eigenvalue weighted by Gasteiger charge is -1.99. The van der Waals surface area contributed by atoms with Gasteiger partial charge >= 0.3 is 0 Å². The van der Waals surface area contributed by atoms with Crippen molar-refractivity contribution in [3.8, 4) is 0 Å². The first kappa shape index (κ1) is 8.32. The summed E-state index contributed by atoms with van der Waals surface area (Å²) < 4.78 is 5.40. The van der Waals surface area contributed by atoms with Gasteiger partial charge in [-0.2, -0.15) is 0 Å². The SMILES string of the molecule is Cc1cc2occ(CN)c2cc1C. The summed E-state index contributed by atoms with van der Waals surface area (Å²) in [7, 11) is 0. The first-order valence-corrected chi connectivity index (χ1v) is 4.40. The van der Waals surface area contributed by atoms with E-state index in [0.29, 0.717) is 6.54 Å². The quantitative estimate of drug-likeness (QED) is 0.723. The molecule has 0 aliphatic heterocycles. The molecule has 0 radical (unpaired) electrons. The van der Waals surface area contributed by atoms with Gasteiger partial charge in [-0.25, -0.2) is 0 Å². The molecule has 2 heteroatoms. The molecule has 0 saturated carbocycles. The van der Waals surface area contributed by atoms with Gasteiger partial charge in [0, 0.05) is 17.5 Å². The highest BCUT2D eigenvalue weighted by atomic mass is 16.3. The van der Waals surface area contributed by atoms with Crippen molar-refractivity contribution in [2.75, 3.05) is 0 Å². The Labute approximate surface area is 77.3 Å². The summed E-state index contributed by atoms with van der Waals surface area (Å²) in [6, 6.07) is 4.19. The van der Waals surface area contributed by atoms with Crippen molar-refractivity contribution >= 4 is 11.0 Å². The average Bonchev–Trinajstić information content (AvgIpc) is 2.48. The van der Waals surface area contributed by atoms with Gasteiger partial charge in [-0.15, -0.1) is 0 Å². The van der Waals surface area contributed by atoms with E-state index < -0.39 is 0 Å². The normalized spacial score (nSPS) is 11.0. The molecule has 13 heavy (non-hydrogen) atoms. The van der Waals surface area contributed by atoms with Crippen molar-refractivity contribution in [3.63, 3.8) is 0 Å². The predicted molar refractivity (Wildman–Crippen MR) is 53.6 cm³/mol. The van der Waals surface area contributed by atoms with E-state index in [2.05, 4.69) is 26.0 Å². The molecule has 0 saturated heterocycles.